The number of carbonyl (C=O) groups excluding carboxylic acids is 2. The molecule has 1 aliphatic heterocycles. The first-order valence-electron chi connectivity index (χ1n) is 6.88. The van der Waals surface area contributed by atoms with Gasteiger partial charge in [-0.05, 0) is 43.4 Å². The Morgan fingerprint density at radius 1 is 1.35 bits per heavy atom. The Labute approximate surface area is 118 Å². The number of carbonyl (C=O) groups is 2. The van der Waals surface area contributed by atoms with Gasteiger partial charge in [0.1, 0.15) is 0 Å². The fourth-order valence-electron chi connectivity index (χ4n) is 2.37. The van der Waals surface area contributed by atoms with E-state index in [4.69, 9.17) is 5.11 Å². The molecule has 1 aromatic carbocycles. The van der Waals surface area contributed by atoms with E-state index in [1.807, 2.05) is 25.1 Å². The normalized spacial score (nSPS) is 16.0. The van der Waals surface area contributed by atoms with Gasteiger partial charge in [0, 0.05) is 25.4 Å². The quantitative estimate of drug-likeness (QED) is 0.797. The molecule has 1 fully saturated rings. The Bertz CT molecular complexity index is 494. The van der Waals surface area contributed by atoms with Gasteiger partial charge >= 0.3 is 11.8 Å². The van der Waals surface area contributed by atoms with Crippen molar-refractivity contribution < 1.29 is 14.7 Å². The van der Waals surface area contributed by atoms with E-state index in [1.54, 1.807) is 11.0 Å². The van der Waals surface area contributed by atoms with Crippen LogP contribution in [0.1, 0.15) is 18.4 Å². The van der Waals surface area contributed by atoms with Crippen molar-refractivity contribution in [1.82, 2.24) is 4.90 Å². The third-order valence-electron chi connectivity index (χ3n) is 3.63. The fourth-order valence-corrected chi connectivity index (χ4v) is 2.37. The fraction of sp³-hybridized carbons (Fsp3) is 0.467. The number of benzene rings is 1. The molecular weight excluding hydrogens is 256 g/mol. The number of hydrogen-bond acceptors (Lipinski definition) is 3. The molecule has 1 aliphatic rings. The molecule has 5 heteroatoms. The molecule has 0 unspecified atom stereocenters. The van der Waals surface area contributed by atoms with Crippen molar-refractivity contribution in [3.8, 4) is 0 Å². The molecule has 0 aromatic heterocycles. The molecule has 0 aliphatic carbocycles. The molecule has 5 nitrogen and oxygen atoms in total. The number of anilines is 1. The smallest absolute Gasteiger partial charge is 0.313 e. The lowest BCUT2D eigenvalue weighted by molar-refractivity contribution is -0.144. The molecule has 1 heterocycles. The third kappa shape index (κ3) is 3.57. The van der Waals surface area contributed by atoms with Crippen LogP contribution in [0.25, 0.3) is 0 Å². The van der Waals surface area contributed by atoms with Crippen LogP contribution in [0.15, 0.2) is 24.3 Å². The molecule has 2 N–H and O–H groups in total. The van der Waals surface area contributed by atoms with Gasteiger partial charge < -0.3 is 15.3 Å². The average molecular weight is 276 g/mol. The molecule has 0 spiro atoms. The minimum Gasteiger partial charge on any atom is -0.396 e. The van der Waals surface area contributed by atoms with Crippen LogP contribution in [0.2, 0.25) is 0 Å². The third-order valence-corrected chi connectivity index (χ3v) is 3.63. The molecular formula is C15H20N2O3. The van der Waals surface area contributed by atoms with Crippen molar-refractivity contribution >= 4 is 17.5 Å². The van der Waals surface area contributed by atoms with Crippen molar-refractivity contribution in [3.05, 3.63) is 29.8 Å². The maximum absolute atomic E-state index is 12.0. The second kappa shape index (κ2) is 6.52. The van der Waals surface area contributed by atoms with E-state index in [9.17, 15) is 9.59 Å². The summed E-state index contributed by atoms with van der Waals surface area (Å²) in [5.41, 5.74) is 1.66. The van der Waals surface area contributed by atoms with Gasteiger partial charge in [-0.2, -0.15) is 0 Å². The first-order valence-corrected chi connectivity index (χ1v) is 6.88. The highest BCUT2D eigenvalue weighted by molar-refractivity contribution is 6.39. The number of nitrogens with zero attached hydrogens (tertiary/aromatic N) is 1. The standard InChI is InChI=1S/C15H20N2O3/c1-11-3-2-4-13(9-11)16-14(19)15(20)17-7-5-12(10-18)6-8-17/h2-4,9,12,18H,5-8,10H2,1H3,(H,16,19). The highest BCUT2D eigenvalue weighted by atomic mass is 16.3. The van der Waals surface area contributed by atoms with E-state index in [1.165, 1.54) is 0 Å². The summed E-state index contributed by atoms with van der Waals surface area (Å²) in [6, 6.07) is 7.35. The molecule has 108 valence electrons. The Hall–Kier alpha value is -1.88. The summed E-state index contributed by atoms with van der Waals surface area (Å²) in [5.74, 6) is -0.847. The number of aliphatic hydroxyl groups excluding tert-OH is 1. The molecule has 1 aromatic rings. The number of nitrogens with one attached hydrogen (secondary N) is 1. The number of piperidine rings is 1. The van der Waals surface area contributed by atoms with Crippen LogP contribution in [0.3, 0.4) is 0 Å². The lowest BCUT2D eigenvalue weighted by Gasteiger charge is -2.30. The van der Waals surface area contributed by atoms with E-state index in [2.05, 4.69) is 5.32 Å². The monoisotopic (exact) mass is 276 g/mol. The predicted molar refractivity (Wildman–Crippen MR) is 76.2 cm³/mol. The molecule has 0 bridgehead atoms. The number of hydrogen-bond donors (Lipinski definition) is 2. The summed E-state index contributed by atoms with van der Waals surface area (Å²) in [6.07, 6.45) is 1.50. The molecule has 0 radical (unpaired) electrons. The minimum atomic E-state index is -0.599. The first kappa shape index (κ1) is 14.5. The minimum absolute atomic E-state index is 0.150. The van der Waals surface area contributed by atoms with Gasteiger partial charge in [0.15, 0.2) is 0 Å². The van der Waals surface area contributed by atoms with Gasteiger partial charge in [-0.1, -0.05) is 12.1 Å². The van der Waals surface area contributed by atoms with Crippen LogP contribution in [-0.4, -0.2) is 41.5 Å². The van der Waals surface area contributed by atoms with Crippen LogP contribution in [0.5, 0.6) is 0 Å². The summed E-state index contributed by atoms with van der Waals surface area (Å²) in [5, 5.41) is 11.7. The summed E-state index contributed by atoms with van der Waals surface area (Å²) >= 11 is 0. The van der Waals surface area contributed by atoms with Crippen molar-refractivity contribution in [2.45, 2.75) is 19.8 Å². The van der Waals surface area contributed by atoms with Gasteiger partial charge in [0.2, 0.25) is 0 Å². The lowest BCUT2D eigenvalue weighted by Crippen LogP contribution is -2.44. The number of amides is 2. The number of aliphatic hydroxyl groups is 1. The summed E-state index contributed by atoms with van der Waals surface area (Å²) in [7, 11) is 0. The zero-order valence-corrected chi connectivity index (χ0v) is 11.6. The second-order valence-electron chi connectivity index (χ2n) is 5.24. The zero-order valence-electron chi connectivity index (χ0n) is 11.6. The molecule has 1 saturated heterocycles. The van der Waals surface area contributed by atoms with Crippen molar-refractivity contribution in [1.29, 1.82) is 0 Å². The first-order chi connectivity index (χ1) is 9.60. The van der Waals surface area contributed by atoms with Gasteiger partial charge in [-0.3, -0.25) is 9.59 Å². The van der Waals surface area contributed by atoms with E-state index in [-0.39, 0.29) is 12.5 Å². The van der Waals surface area contributed by atoms with Crippen molar-refractivity contribution in [2.75, 3.05) is 25.0 Å². The van der Waals surface area contributed by atoms with Crippen LogP contribution < -0.4 is 5.32 Å². The van der Waals surface area contributed by atoms with Gasteiger partial charge in [-0.15, -0.1) is 0 Å². The molecule has 2 amide bonds. The maximum Gasteiger partial charge on any atom is 0.313 e. The van der Waals surface area contributed by atoms with Crippen molar-refractivity contribution in [3.63, 3.8) is 0 Å². The van der Waals surface area contributed by atoms with Gasteiger partial charge in [0.05, 0.1) is 0 Å². The Morgan fingerprint density at radius 2 is 2.05 bits per heavy atom. The van der Waals surface area contributed by atoms with Crippen LogP contribution >= 0.6 is 0 Å². The van der Waals surface area contributed by atoms with E-state index < -0.39 is 11.8 Å². The lowest BCUT2D eigenvalue weighted by atomic mass is 9.98. The van der Waals surface area contributed by atoms with E-state index in [0.717, 1.165) is 18.4 Å². The second-order valence-corrected chi connectivity index (χ2v) is 5.24. The van der Waals surface area contributed by atoms with Crippen molar-refractivity contribution in [2.24, 2.45) is 5.92 Å². The topological polar surface area (TPSA) is 69.6 Å². The SMILES string of the molecule is Cc1cccc(NC(=O)C(=O)N2CCC(CO)CC2)c1. The molecule has 2 rings (SSSR count). The highest BCUT2D eigenvalue weighted by Crippen LogP contribution is 2.17. The largest absolute Gasteiger partial charge is 0.396 e. The number of rotatable bonds is 2. The number of aryl methyl sites for hydroxylation is 1. The predicted octanol–water partition coefficient (Wildman–Crippen LogP) is 1.16. The summed E-state index contributed by atoms with van der Waals surface area (Å²) in [6.45, 7) is 3.14. The molecule has 0 saturated carbocycles. The Morgan fingerprint density at radius 3 is 2.65 bits per heavy atom. The average Bonchev–Trinajstić information content (AvgIpc) is 2.46. The van der Waals surface area contributed by atoms with Crippen LogP contribution in [0.4, 0.5) is 5.69 Å². The van der Waals surface area contributed by atoms with Crippen LogP contribution in [0, 0.1) is 12.8 Å². The summed E-state index contributed by atoms with van der Waals surface area (Å²) in [4.78, 5) is 25.5. The summed E-state index contributed by atoms with van der Waals surface area (Å²) < 4.78 is 0. The van der Waals surface area contributed by atoms with Gasteiger partial charge in [0.25, 0.3) is 0 Å². The highest BCUT2D eigenvalue weighted by Gasteiger charge is 2.26. The van der Waals surface area contributed by atoms with E-state index >= 15 is 0 Å². The molecule has 0 atom stereocenters. The Kier molecular flexibility index (Phi) is 4.74. The van der Waals surface area contributed by atoms with E-state index in [0.29, 0.717) is 18.8 Å². The van der Waals surface area contributed by atoms with Crippen LogP contribution in [-0.2, 0) is 9.59 Å². The molecule has 20 heavy (non-hydrogen) atoms. The number of likely N-dealkylation sites (tertiary alicyclic amines) is 1. The maximum atomic E-state index is 12.0. The zero-order chi connectivity index (χ0) is 14.5. The Balaban J connectivity index is 1.91. The van der Waals surface area contributed by atoms with Gasteiger partial charge in [-0.25, -0.2) is 0 Å².